The van der Waals surface area contributed by atoms with Gasteiger partial charge in [0.1, 0.15) is 6.61 Å². The summed E-state index contributed by atoms with van der Waals surface area (Å²) < 4.78 is 4.73. The van der Waals surface area contributed by atoms with Gasteiger partial charge in [0.2, 0.25) is 6.41 Å². The highest BCUT2D eigenvalue weighted by Crippen LogP contribution is 2.01. The van der Waals surface area contributed by atoms with Crippen molar-refractivity contribution in [2.75, 3.05) is 6.61 Å². The number of hydrogen-bond acceptors (Lipinski definition) is 3. The standard InChI is InChI=1S/C8H13NO3/c1-4-7(11)12-5-8(2,3)9-6-10/h4,6H,1,5H2,2-3H3,(H,9,10). The fourth-order valence-corrected chi connectivity index (χ4v) is 0.512. The first-order valence-electron chi connectivity index (χ1n) is 3.52. The van der Waals surface area contributed by atoms with E-state index in [1.165, 1.54) is 0 Å². The van der Waals surface area contributed by atoms with E-state index >= 15 is 0 Å². The molecule has 1 N–H and O–H groups in total. The highest BCUT2D eigenvalue weighted by Gasteiger charge is 2.17. The third-order valence-electron chi connectivity index (χ3n) is 1.19. The Morgan fingerprint density at radius 2 is 2.25 bits per heavy atom. The van der Waals surface area contributed by atoms with Crippen LogP contribution in [0.2, 0.25) is 0 Å². The zero-order valence-corrected chi connectivity index (χ0v) is 7.29. The van der Waals surface area contributed by atoms with E-state index in [1.54, 1.807) is 13.8 Å². The Morgan fingerprint density at radius 1 is 1.67 bits per heavy atom. The van der Waals surface area contributed by atoms with E-state index < -0.39 is 11.5 Å². The van der Waals surface area contributed by atoms with Crippen molar-refractivity contribution in [3.05, 3.63) is 12.7 Å². The van der Waals surface area contributed by atoms with Gasteiger partial charge in [0.05, 0.1) is 5.54 Å². The summed E-state index contributed by atoms with van der Waals surface area (Å²) in [7, 11) is 0. The quantitative estimate of drug-likeness (QED) is 0.366. The third-order valence-corrected chi connectivity index (χ3v) is 1.19. The van der Waals surface area contributed by atoms with E-state index in [2.05, 4.69) is 11.9 Å². The molecule has 0 saturated heterocycles. The molecule has 0 unspecified atom stereocenters. The summed E-state index contributed by atoms with van der Waals surface area (Å²) in [6.45, 7) is 6.87. The van der Waals surface area contributed by atoms with Crippen LogP contribution in [0.1, 0.15) is 13.8 Å². The summed E-state index contributed by atoms with van der Waals surface area (Å²) in [5.74, 6) is -0.490. The minimum atomic E-state index is -0.527. The molecule has 4 heteroatoms. The van der Waals surface area contributed by atoms with Crippen molar-refractivity contribution in [3.8, 4) is 0 Å². The number of ether oxygens (including phenoxy) is 1. The van der Waals surface area contributed by atoms with Crippen LogP contribution in [-0.4, -0.2) is 24.5 Å². The Labute approximate surface area is 71.6 Å². The van der Waals surface area contributed by atoms with E-state index in [-0.39, 0.29) is 6.61 Å². The number of carbonyl (C=O) groups excluding carboxylic acids is 2. The largest absolute Gasteiger partial charge is 0.460 e. The lowest BCUT2D eigenvalue weighted by Crippen LogP contribution is -2.43. The minimum absolute atomic E-state index is 0.136. The Bertz CT molecular complexity index is 187. The fourth-order valence-electron chi connectivity index (χ4n) is 0.512. The van der Waals surface area contributed by atoms with E-state index in [0.717, 1.165) is 6.08 Å². The predicted octanol–water partition coefficient (Wildman–Crippen LogP) is 0.240. The SMILES string of the molecule is C=CC(=O)OCC(C)(C)NC=O. The Hall–Kier alpha value is -1.32. The van der Waals surface area contributed by atoms with Crippen LogP contribution in [0.4, 0.5) is 0 Å². The van der Waals surface area contributed by atoms with E-state index in [9.17, 15) is 9.59 Å². The molecule has 4 nitrogen and oxygen atoms in total. The van der Waals surface area contributed by atoms with Gasteiger partial charge in [-0.2, -0.15) is 0 Å². The van der Waals surface area contributed by atoms with Gasteiger partial charge in [0.15, 0.2) is 0 Å². The van der Waals surface area contributed by atoms with Crippen LogP contribution in [-0.2, 0) is 14.3 Å². The van der Waals surface area contributed by atoms with Crippen molar-refractivity contribution in [1.29, 1.82) is 0 Å². The molecule has 1 amide bonds. The lowest BCUT2D eigenvalue weighted by atomic mass is 10.1. The first-order chi connectivity index (χ1) is 5.52. The van der Waals surface area contributed by atoms with Crippen LogP contribution in [0.3, 0.4) is 0 Å². The highest BCUT2D eigenvalue weighted by atomic mass is 16.5. The summed E-state index contributed by atoms with van der Waals surface area (Å²) in [5, 5.41) is 2.51. The molecule has 0 aromatic rings. The van der Waals surface area contributed by atoms with Crippen LogP contribution in [0.5, 0.6) is 0 Å². The summed E-state index contributed by atoms with van der Waals surface area (Å²) >= 11 is 0. The van der Waals surface area contributed by atoms with Crippen LogP contribution >= 0.6 is 0 Å². The lowest BCUT2D eigenvalue weighted by molar-refractivity contribution is -0.140. The van der Waals surface area contributed by atoms with Crippen molar-refractivity contribution < 1.29 is 14.3 Å². The zero-order chi connectivity index (χ0) is 9.61. The van der Waals surface area contributed by atoms with Crippen molar-refractivity contribution in [2.24, 2.45) is 0 Å². The highest BCUT2D eigenvalue weighted by molar-refractivity contribution is 5.81. The normalized spacial score (nSPS) is 10.2. The summed E-state index contributed by atoms with van der Waals surface area (Å²) in [6.07, 6.45) is 1.65. The molecule has 0 fully saturated rings. The summed E-state index contributed by atoms with van der Waals surface area (Å²) in [5.41, 5.74) is -0.527. The molecule has 0 heterocycles. The van der Waals surface area contributed by atoms with Gasteiger partial charge in [-0.05, 0) is 13.8 Å². The molecule has 12 heavy (non-hydrogen) atoms. The van der Waals surface area contributed by atoms with E-state index in [0.29, 0.717) is 6.41 Å². The first-order valence-corrected chi connectivity index (χ1v) is 3.52. The lowest BCUT2D eigenvalue weighted by Gasteiger charge is -2.22. The molecular formula is C8H13NO3. The smallest absolute Gasteiger partial charge is 0.330 e. The van der Waals surface area contributed by atoms with Gasteiger partial charge in [-0.25, -0.2) is 4.79 Å². The van der Waals surface area contributed by atoms with Crippen LogP contribution < -0.4 is 5.32 Å². The predicted molar refractivity (Wildman–Crippen MR) is 44.4 cm³/mol. The van der Waals surface area contributed by atoms with Crippen LogP contribution in [0.15, 0.2) is 12.7 Å². The van der Waals surface area contributed by atoms with Gasteiger partial charge < -0.3 is 10.1 Å². The number of rotatable bonds is 5. The molecule has 0 saturated carbocycles. The maximum absolute atomic E-state index is 10.6. The molecule has 0 bridgehead atoms. The van der Waals surface area contributed by atoms with E-state index in [1.807, 2.05) is 0 Å². The Morgan fingerprint density at radius 3 is 2.67 bits per heavy atom. The third kappa shape index (κ3) is 4.49. The summed E-state index contributed by atoms with van der Waals surface area (Å²) in [6, 6.07) is 0. The second kappa shape index (κ2) is 4.54. The molecule has 0 aromatic heterocycles. The number of esters is 1. The van der Waals surface area contributed by atoms with Gasteiger partial charge in [-0.15, -0.1) is 0 Å². The number of nitrogens with one attached hydrogen (secondary N) is 1. The number of hydrogen-bond donors (Lipinski definition) is 1. The van der Waals surface area contributed by atoms with Crippen molar-refractivity contribution in [1.82, 2.24) is 5.32 Å². The second-order valence-corrected chi connectivity index (χ2v) is 2.96. The molecule has 0 radical (unpaired) electrons. The fraction of sp³-hybridized carbons (Fsp3) is 0.500. The van der Waals surface area contributed by atoms with Crippen molar-refractivity contribution in [3.63, 3.8) is 0 Å². The van der Waals surface area contributed by atoms with Gasteiger partial charge in [-0.1, -0.05) is 6.58 Å². The molecule has 0 atom stereocenters. The average Bonchev–Trinajstić information content (AvgIpc) is 2.00. The maximum Gasteiger partial charge on any atom is 0.330 e. The van der Waals surface area contributed by atoms with Crippen molar-refractivity contribution in [2.45, 2.75) is 19.4 Å². The minimum Gasteiger partial charge on any atom is -0.460 e. The molecule has 0 spiro atoms. The Balaban J connectivity index is 3.81. The van der Waals surface area contributed by atoms with E-state index in [4.69, 9.17) is 4.74 Å². The van der Waals surface area contributed by atoms with Crippen LogP contribution in [0.25, 0.3) is 0 Å². The zero-order valence-electron chi connectivity index (χ0n) is 7.29. The monoisotopic (exact) mass is 171 g/mol. The molecule has 0 aliphatic heterocycles. The molecule has 0 aliphatic rings. The van der Waals surface area contributed by atoms with Gasteiger partial charge in [0.25, 0.3) is 0 Å². The molecule has 0 aromatic carbocycles. The molecule has 0 aliphatic carbocycles. The van der Waals surface area contributed by atoms with Gasteiger partial charge in [0, 0.05) is 6.08 Å². The molecule has 68 valence electrons. The van der Waals surface area contributed by atoms with Gasteiger partial charge >= 0.3 is 5.97 Å². The molecule has 0 rings (SSSR count). The number of carbonyl (C=O) groups is 2. The topological polar surface area (TPSA) is 55.4 Å². The second-order valence-electron chi connectivity index (χ2n) is 2.96. The maximum atomic E-state index is 10.6. The first kappa shape index (κ1) is 10.7. The summed E-state index contributed by atoms with van der Waals surface area (Å²) in [4.78, 5) is 20.7. The number of amides is 1. The Kier molecular flexibility index (Phi) is 4.04. The van der Waals surface area contributed by atoms with Crippen molar-refractivity contribution >= 4 is 12.4 Å². The molecular weight excluding hydrogens is 158 g/mol. The van der Waals surface area contributed by atoms with Gasteiger partial charge in [-0.3, -0.25) is 4.79 Å². The van der Waals surface area contributed by atoms with Crippen LogP contribution in [0, 0.1) is 0 Å². The average molecular weight is 171 g/mol.